The number of carbonyl (C=O) groups excluding carboxylic acids is 2. The van der Waals surface area contributed by atoms with E-state index < -0.39 is 0 Å². The van der Waals surface area contributed by atoms with Crippen molar-refractivity contribution in [3.8, 4) is 11.5 Å². The molecule has 0 radical (unpaired) electrons. The summed E-state index contributed by atoms with van der Waals surface area (Å²) in [4.78, 5) is 24.4. The van der Waals surface area contributed by atoms with Crippen LogP contribution in [0.4, 0.5) is 5.69 Å². The third-order valence-electron chi connectivity index (χ3n) is 3.83. The molecule has 2 N–H and O–H groups in total. The van der Waals surface area contributed by atoms with E-state index in [2.05, 4.69) is 17.6 Å². The van der Waals surface area contributed by atoms with Crippen molar-refractivity contribution in [2.75, 3.05) is 25.1 Å². The van der Waals surface area contributed by atoms with Gasteiger partial charge in [-0.1, -0.05) is 19.1 Å². The van der Waals surface area contributed by atoms with Crippen LogP contribution in [0.2, 0.25) is 0 Å². The van der Waals surface area contributed by atoms with Gasteiger partial charge in [-0.25, -0.2) is 0 Å². The number of benzene rings is 2. The molecule has 0 bridgehead atoms. The normalized spacial score (nSPS) is 10.2. The fraction of sp³-hybridized carbons (Fsp3) is 0.333. The highest BCUT2D eigenvalue weighted by molar-refractivity contribution is 5.99. The van der Waals surface area contributed by atoms with Crippen molar-refractivity contribution in [2.24, 2.45) is 0 Å². The molecule has 0 aliphatic carbocycles. The number of ether oxygens (including phenoxy) is 2. The van der Waals surface area contributed by atoms with Gasteiger partial charge in [-0.3, -0.25) is 9.59 Å². The number of nitrogens with one attached hydrogen (secondary N) is 2. The summed E-state index contributed by atoms with van der Waals surface area (Å²) in [5, 5.41) is 5.40. The third-order valence-corrected chi connectivity index (χ3v) is 3.83. The van der Waals surface area contributed by atoms with E-state index in [-0.39, 0.29) is 18.4 Å². The number of hydrogen-bond acceptors (Lipinski definition) is 4. The average Bonchev–Trinajstić information content (AvgIpc) is 2.68. The van der Waals surface area contributed by atoms with Crippen molar-refractivity contribution in [3.05, 3.63) is 53.6 Å². The molecule has 2 amide bonds. The first-order valence-corrected chi connectivity index (χ1v) is 9.14. The average molecular weight is 370 g/mol. The van der Waals surface area contributed by atoms with Gasteiger partial charge >= 0.3 is 0 Å². The first-order valence-electron chi connectivity index (χ1n) is 9.14. The van der Waals surface area contributed by atoms with Crippen molar-refractivity contribution < 1.29 is 19.1 Å². The monoisotopic (exact) mass is 370 g/mol. The molecule has 0 aliphatic rings. The van der Waals surface area contributed by atoms with Crippen LogP contribution in [0.3, 0.4) is 0 Å². The predicted molar refractivity (Wildman–Crippen MR) is 106 cm³/mol. The van der Waals surface area contributed by atoms with E-state index in [0.717, 1.165) is 12.0 Å². The molecule has 0 saturated carbocycles. The van der Waals surface area contributed by atoms with Crippen LogP contribution >= 0.6 is 0 Å². The Morgan fingerprint density at radius 3 is 2.37 bits per heavy atom. The van der Waals surface area contributed by atoms with Gasteiger partial charge in [0, 0.05) is 11.3 Å². The van der Waals surface area contributed by atoms with Crippen LogP contribution in [-0.2, 0) is 11.2 Å². The first-order chi connectivity index (χ1) is 13.1. The van der Waals surface area contributed by atoms with Crippen LogP contribution in [0.25, 0.3) is 0 Å². The van der Waals surface area contributed by atoms with E-state index in [1.54, 1.807) is 18.2 Å². The van der Waals surface area contributed by atoms with Gasteiger partial charge in [0.1, 0.15) is 0 Å². The molecule has 0 atom stereocenters. The van der Waals surface area contributed by atoms with Gasteiger partial charge < -0.3 is 20.1 Å². The van der Waals surface area contributed by atoms with Crippen molar-refractivity contribution >= 4 is 17.5 Å². The van der Waals surface area contributed by atoms with Crippen LogP contribution in [0.5, 0.6) is 11.5 Å². The maximum absolute atomic E-state index is 12.3. The summed E-state index contributed by atoms with van der Waals surface area (Å²) in [7, 11) is 0. The molecule has 0 aliphatic heterocycles. The summed E-state index contributed by atoms with van der Waals surface area (Å²) >= 11 is 0. The molecule has 6 heteroatoms. The molecule has 27 heavy (non-hydrogen) atoms. The van der Waals surface area contributed by atoms with E-state index in [4.69, 9.17) is 9.47 Å². The SMILES string of the molecule is CCOc1ccc(C(=O)NCC(=O)Nc2cccc(CC)c2)cc1OCC. The molecule has 2 aromatic rings. The largest absolute Gasteiger partial charge is 0.490 e. The van der Waals surface area contributed by atoms with Gasteiger partial charge in [-0.2, -0.15) is 0 Å². The molecule has 6 nitrogen and oxygen atoms in total. The van der Waals surface area contributed by atoms with Crippen molar-refractivity contribution in [1.82, 2.24) is 5.32 Å². The molecule has 2 aromatic carbocycles. The highest BCUT2D eigenvalue weighted by Crippen LogP contribution is 2.28. The van der Waals surface area contributed by atoms with Gasteiger partial charge in [0.05, 0.1) is 19.8 Å². The zero-order valence-electron chi connectivity index (χ0n) is 16.0. The highest BCUT2D eigenvalue weighted by atomic mass is 16.5. The van der Waals surface area contributed by atoms with E-state index in [0.29, 0.717) is 36.0 Å². The second-order valence-electron chi connectivity index (χ2n) is 5.81. The van der Waals surface area contributed by atoms with E-state index in [1.807, 2.05) is 38.1 Å². The van der Waals surface area contributed by atoms with E-state index in [1.165, 1.54) is 0 Å². The number of anilines is 1. The maximum atomic E-state index is 12.3. The molecule has 0 aromatic heterocycles. The molecule has 144 valence electrons. The number of rotatable bonds is 9. The van der Waals surface area contributed by atoms with Crippen LogP contribution in [-0.4, -0.2) is 31.6 Å². The Bertz CT molecular complexity index is 790. The molecular formula is C21H26N2O4. The Morgan fingerprint density at radius 1 is 0.926 bits per heavy atom. The zero-order chi connectivity index (χ0) is 19.6. The minimum absolute atomic E-state index is 0.119. The summed E-state index contributed by atoms with van der Waals surface area (Å²) in [6, 6.07) is 12.6. The van der Waals surface area contributed by atoms with Crippen molar-refractivity contribution in [1.29, 1.82) is 0 Å². The fourth-order valence-electron chi connectivity index (χ4n) is 2.53. The summed E-state index contributed by atoms with van der Waals surface area (Å²) in [6.45, 7) is 6.64. The second-order valence-corrected chi connectivity index (χ2v) is 5.81. The first kappa shape index (κ1) is 20.3. The van der Waals surface area contributed by atoms with Crippen LogP contribution in [0.1, 0.15) is 36.7 Å². The van der Waals surface area contributed by atoms with Gasteiger partial charge in [-0.15, -0.1) is 0 Å². The topological polar surface area (TPSA) is 76.7 Å². The minimum atomic E-state index is -0.350. The third kappa shape index (κ3) is 6.02. The smallest absolute Gasteiger partial charge is 0.251 e. The second kappa shape index (κ2) is 10.2. The molecule has 0 spiro atoms. The van der Waals surface area contributed by atoms with Gasteiger partial charge in [0.15, 0.2) is 11.5 Å². The lowest BCUT2D eigenvalue weighted by Crippen LogP contribution is -2.32. The Kier molecular flexibility index (Phi) is 7.67. The molecule has 0 heterocycles. The molecule has 0 fully saturated rings. The Balaban J connectivity index is 1.96. The lowest BCUT2D eigenvalue weighted by atomic mass is 10.1. The van der Waals surface area contributed by atoms with Gasteiger partial charge in [0.25, 0.3) is 5.91 Å². The predicted octanol–water partition coefficient (Wildman–Crippen LogP) is 3.41. The maximum Gasteiger partial charge on any atom is 0.251 e. The number of amides is 2. The van der Waals surface area contributed by atoms with E-state index >= 15 is 0 Å². The van der Waals surface area contributed by atoms with Crippen LogP contribution < -0.4 is 20.1 Å². The summed E-state index contributed by atoms with van der Waals surface area (Å²) in [6.07, 6.45) is 0.889. The molecular weight excluding hydrogens is 344 g/mol. The summed E-state index contributed by atoms with van der Waals surface area (Å²) in [5.41, 5.74) is 2.26. The Morgan fingerprint density at radius 2 is 1.67 bits per heavy atom. The van der Waals surface area contributed by atoms with Crippen molar-refractivity contribution in [2.45, 2.75) is 27.2 Å². The van der Waals surface area contributed by atoms with Crippen molar-refractivity contribution in [3.63, 3.8) is 0 Å². The number of carbonyl (C=O) groups is 2. The quantitative estimate of drug-likeness (QED) is 0.709. The zero-order valence-corrected chi connectivity index (χ0v) is 16.0. The fourth-order valence-corrected chi connectivity index (χ4v) is 2.53. The summed E-state index contributed by atoms with van der Waals surface area (Å²) in [5.74, 6) is 0.460. The van der Waals surface area contributed by atoms with Crippen LogP contribution in [0, 0.1) is 0 Å². The van der Waals surface area contributed by atoms with Crippen LogP contribution in [0.15, 0.2) is 42.5 Å². The molecule has 2 rings (SSSR count). The van der Waals surface area contributed by atoms with E-state index in [9.17, 15) is 9.59 Å². The Hall–Kier alpha value is -3.02. The minimum Gasteiger partial charge on any atom is -0.490 e. The van der Waals surface area contributed by atoms with Gasteiger partial charge in [-0.05, 0) is 56.2 Å². The number of aryl methyl sites for hydroxylation is 1. The molecule has 0 saturated heterocycles. The molecule has 0 unspecified atom stereocenters. The highest BCUT2D eigenvalue weighted by Gasteiger charge is 2.13. The Labute approximate surface area is 159 Å². The standard InChI is InChI=1S/C21H26N2O4/c1-4-15-8-7-9-17(12-15)23-20(24)14-22-21(25)16-10-11-18(26-5-2)19(13-16)27-6-3/h7-13H,4-6,14H2,1-3H3,(H,22,25)(H,23,24). The number of hydrogen-bond donors (Lipinski definition) is 2. The lowest BCUT2D eigenvalue weighted by molar-refractivity contribution is -0.115. The van der Waals surface area contributed by atoms with Gasteiger partial charge in [0.2, 0.25) is 5.91 Å². The lowest BCUT2D eigenvalue weighted by Gasteiger charge is -2.12. The summed E-state index contributed by atoms with van der Waals surface area (Å²) < 4.78 is 11.0.